The van der Waals surface area contributed by atoms with Crippen LogP contribution >= 0.6 is 0 Å². The Morgan fingerprint density at radius 3 is 2.38 bits per heavy atom. The number of carboxylic acid groups (broad SMARTS) is 1. The second kappa shape index (κ2) is 3.91. The maximum absolute atomic E-state index is 11.6. The summed E-state index contributed by atoms with van der Waals surface area (Å²) in [6.07, 6.45) is 2.21. The van der Waals surface area contributed by atoms with Gasteiger partial charge in [0.05, 0.1) is 0 Å². The summed E-state index contributed by atoms with van der Waals surface area (Å²) in [6, 6.07) is 9.86. The molecule has 86 valence electrons. The van der Waals surface area contributed by atoms with Gasteiger partial charge in [-0.15, -0.1) is 0 Å². The highest BCUT2D eigenvalue weighted by atomic mass is 16.4. The fourth-order valence-corrected chi connectivity index (χ4v) is 2.07. The van der Waals surface area contributed by atoms with E-state index in [1.54, 1.807) is 6.92 Å². The summed E-state index contributed by atoms with van der Waals surface area (Å²) in [5.41, 5.74) is -0.0699. The van der Waals surface area contributed by atoms with Gasteiger partial charge < -0.3 is 5.11 Å². The van der Waals surface area contributed by atoms with Crippen molar-refractivity contribution in [2.45, 2.75) is 31.3 Å². The van der Waals surface area contributed by atoms with Crippen molar-refractivity contribution in [2.24, 2.45) is 0 Å². The molecule has 0 amide bonds. The van der Waals surface area contributed by atoms with Crippen LogP contribution in [0.1, 0.15) is 25.3 Å². The minimum atomic E-state index is -0.914. The minimum Gasteiger partial charge on any atom is -0.480 e. The van der Waals surface area contributed by atoms with E-state index in [0.29, 0.717) is 6.04 Å². The number of likely N-dealkylation sites (N-methyl/N-ethyl adjacent to an activating group) is 1. The fraction of sp³-hybridized carbons (Fsp3) is 0.462. The summed E-state index contributed by atoms with van der Waals surface area (Å²) in [7, 11) is 1.90. The molecule has 1 aliphatic rings. The Morgan fingerprint density at radius 2 is 1.94 bits per heavy atom. The highest BCUT2D eigenvalue weighted by Crippen LogP contribution is 2.37. The molecule has 1 atom stereocenters. The maximum Gasteiger partial charge on any atom is 0.328 e. The van der Waals surface area contributed by atoms with Gasteiger partial charge in [-0.1, -0.05) is 30.3 Å². The van der Waals surface area contributed by atoms with Gasteiger partial charge in [0.1, 0.15) is 5.54 Å². The number of carbonyl (C=O) groups is 1. The molecule has 0 bridgehead atoms. The Morgan fingerprint density at radius 1 is 1.38 bits per heavy atom. The highest BCUT2D eigenvalue weighted by molar-refractivity contribution is 5.80. The number of aliphatic carboxylic acids is 1. The smallest absolute Gasteiger partial charge is 0.328 e. The second-order valence-electron chi connectivity index (χ2n) is 4.59. The van der Waals surface area contributed by atoms with E-state index >= 15 is 0 Å². The average molecular weight is 219 g/mol. The van der Waals surface area contributed by atoms with E-state index in [1.165, 1.54) is 0 Å². The molecule has 3 heteroatoms. The van der Waals surface area contributed by atoms with Gasteiger partial charge in [0.25, 0.3) is 0 Å². The molecule has 1 aromatic rings. The Labute approximate surface area is 95.7 Å². The molecule has 3 nitrogen and oxygen atoms in total. The predicted octanol–water partition coefficient (Wildman–Crippen LogP) is 2.08. The zero-order valence-electron chi connectivity index (χ0n) is 9.68. The van der Waals surface area contributed by atoms with Crippen LogP contribution < -0.4 is 0 Å². The number of benzene rings is 1. The van der Waals surface area contributed by atoms with Crippen LogP contribution in [0.4, 0.5) is 0 Å². The van der Waals surface area contributed by atoms with Crippen molar-refractivity contribution in [2.75, 3.05) is 7.05 Å². The Hall–Kier alpha value is -1.35. The molecule has 0 spiro atoms. The number of hydrogen-bond donors (Lipinski definition) is 1. The van der Waals surface area contributed by atoms with Gasteiger partial charge in [-0.3, -0.25) is 4.90 Å². The van der Waals surface area contributed by atoms with Gasteiger partial charge in [0.2, 0.25) is 0 Å². The number of hydrogen-bond acceptors (Lipinski definition) is 2. The summed E-state index contributed by atoms with van der Waals surface area (Å²) in [6.45, 7) is 1.78. The van der Waals surface area contributed by atoms with E-state index < -0.39 is 11.5 Å². The van der Waals surface area contributed by atoms with Crippen molar-refractivity contribution in [3.8, 4) is 0 Å². The van der Waals surface area contributed by atoms with Gasteiger partial charge in [-0.05, 0) is 32.4 Å². The monoisotopic (exact) mass is 219 g/mol. The SMILES string of the molecule is CN(C1CC1)C(C)(C(=O)O)c1ccccc1. The first-order valence-electron chi connectivity index (χ1n) is 5.58. The molecule has 1 unspecified atom stereocenters. The molecule has 0 heterocycles. The normalized spacial score (nSPS) is 19.4. The molecule has 2 rings (SSSR count). The third-order valence-corrected chi connectivity index (χ3v) is 3.55. The highest BCUT2D eigenvalue weighted by Gasteiger charge is 2.45. The van der Waals surface area contributed by atoms with E-state index in [1.807, 2.05) is 42.3 Å². The van der Waals surface area contributed by atoms with Crippen molar-refractivity contribution in [1.29, 1.82) is 0 Å². The third-order valence-electron chi connectivity index (χ3n) is 3.55. The summed E-state index contributed by atoms with van der Waals surface area (Å²) in [5.74, 6) is -0.784. The lowest BCUT2D eigenvalue weighted by Crippen LogP contribution is -2.48. The lowest BCUT2D eigenvalue weighted by atomic mass is 9.90. The molecule has 1 fully saturated rings. The topological polar surface area (TPSA) is 40.5 Å². The molecule has 0 aliphatic heterocycles. The molecular formula is C13H17NO2. The summed E-state index contributed by atoms with van der Waals surface area (Å²) in [4.78, 5) is 13.5. The van der Waals surface area contributed by atoms with Gasteiger partial charge in [0, 0.05) is 6.04 Å². The lowest BCUT2D eigenvalue weighted by molar-refractivity contribution is -0.150. The lowest BCUT2D eigenvalue weighted by Gasteiger charge is -2.35. The van der Waals surface area contributed by atoms with Crippen molar-refractivity contribution < 1.29 is 9.90 Å². The van der Waals surface area contributed by atoms with Crippen molar-refractivity contribution in [3.05, 3.63) is 35.9 Å². The number of rotatable bonds is 4. The fourth-order valence-electron chi connectivity index (χ4n) is 2.07. The molecule has 0 aromatic heterocycles. The van der Waals surface area contributed by atoms with E-state index in [9.17, 15) is 9.90 Å². The Balaban J connectivity index is 2.38. The van der Waals surface area contributed by atoms with Crippen LogP contribution in [-0.4, -0.2) is 29.1 Å². The first kappa shape index (κ1) is 11.1. The Kier molecular flexibility index (Phi) is 2.72. The largest absolute Gasteiger partial charge is 0.480 e. The second-order valence-corrected chi connectivity index (χ2v) is 4.59. The minimum absolute atomic E-state index is 0.418. The summed E-state index contributed by atoms with van der Waals surface area (Å²) in [5, 5.41) is 9.49. The van der Waals surface area contributed by atoms with Crippen molar-refractivity contribution in [3.63, 3.8) is 0 Å². The van der Waals surface area contributed by atoms with Crippen LogP contribution in [0.15, 0.2) is 30.3 Å². The van der Waals surface area contributed by atoms with Crippen molar-refractivity contribution in [1.82, 2.24) is 4.90 Å². The van der Waals surface area contributed by atoms with Crippen LogP contribution in [0.2, 0.25) is 0 Å². The van der Waals surface area contributed by atoms with Gasteiger partial charge in [-0.25, -0.2) is 4.79 Å². The molecule has 1 N–H and O–H groups in total. The molecular weight excluding hydrogens is 202 g/mol. The van der Waals surface area contributed by atoms with E-state index in [0.717, 1.165) is 18.4 Å². The van der Waals surface area contributed by atoms with Crippen LogP contribution in [-0.2, 0) is 10.3 Å². The maximum atomic E-state index is 11.6. The molecule has 1 saturated carbocycles. The number of nitrogens with zero attached hydrogens (tertiary/aromatic N) is 1. The molecule has 0 radical (unpaired) electrons. The van der Waals surface area contributed by atoms with E-state index in [-0.39, 0.29) is 0 Å². The predicted molar refractivity (Wildman–Crippen MR) is 62.2 cm³/mol. The third kappa shape index (κ3) is 1.71. The first-order chi connectivity index (χ1) is 7.56. The van der Waals surface area contributed by atoms with Gasteiger partial charge in [0.15, 0.2) is 0 Å². The summed E-state index contributed by atoms with van der Waals surface area (Å²) >= 11 is 0. The first-order valence-corrected chi connectivity index (χ1v) is 5.58. The zero-order chi connectivity index (χ0) is 11.8. The standard InChI is InChI=1S/C13H17NO2/c1-13(12(15)16,14(2)11-8-9-11)10-6-4-3-5-7-10/h3-7,11H,8-9H2,1-2H3,(H,15,16). The van der Waals surface area contributed by atoms with Crippen molar-refractivity contribution >= 4 is 5.97 Å². The average Bonchev–Trinajstić information content (AvgIpc) is 3.11. The number of carboxylic acids is 1. The van der Waals surface area contributed by atoms with Crippen LogP contribution in [0.25, 0.3) is 0 Å². The van der Waals surface area contributed by atoms with Crippen LogP contribution in [0.5, 0.6) is 0 Å². The quantitative estimate of drug-likeness (QED) is 0.842. The molecule has 0 saturated heterocycles. The van der Waals surface area contributed by atoms with Crippen LogP contribution in [0.3, 0.4) is 0 Å². The molecule has 1 aliphatic carbocycles. The van der Waals surface area contributed by atoms with E-state index in [4.69, 9.17) is 0 Å². The Bertz CT molecular complexity index is 386. The molecule has 16 heavy (non-hydrogen) atoms. The molecule has 1 aromatic carbocycles. The summed E-state index contributed by atoms with van der Waals surface area (Å²) < 4.78 is 0. The zero-order valence-corrected chi connectivity index (χ0v) is 9.68. The van der Waals surface area contributed by atoms with Gasteiger partial charge in [-0.2, -0.15) is 0 Å². The van der Waals surface area contributed by atoms with Gasteiger partial charge >= 0.3 is 5.97 Å². The van der Waals surface area contributed by atoms with E-state index in [2.05, 4.69) is 0 Å². The van der Waals surface area contributed by atoms with Crippen LogP contribution in [0, 0.1) is 0 Å².